The van der Waals surface area contributed by atoms with Crippen LogP contribution < -0.4 is 10.5 Å². The molecule has 0 bridgehead atoms. The minimum absolute atomic E-state index is 0.162. The number of hydrogen-bond acceptors (Lipinski definition) is 2. The fourth-order valence-corrected chi connectivity index (χ4v) is 3.57. The van der Waals surface area contributed by atoms with E-state index in [9.17, 15) is 0 Å². The molecule has 0 amide bonds. The summed E-state index contributed by atoms with van der Waals surface area (Å²) in [5.74, 6) is 1.02. The minimum Gasteiger partial charge on any atom is -0.489 e. The predicted octanol–water partition coefficient (Wildman–Crippen LogP) is 4.58. The second-order valence-corrected chi connectivity index (χ2v) is 7.62. The molecule has 0 heterocycles. The third-order valence-electron chi connectivity index (χ3n) is 5.47. The van der Waals surface area contributed by atoms with Crippen LogP contribution in [-0.2, 0) is 5.41 Å². The summed E-state index contributed by atoms with van der Waals surface area (Å²) in [6.45, 7) is 13.3. The van der Waals surface area contributed by atoms with Gasteiger partial charge >= 0.3 is 0 Å². The Morgan fingerprint density at radius 1 is 1.24 bits per heavy atom. The second-order valence-electron chi connectivity index (χ2n) is 7.62. The van der Waals surface area contributed by atoms with E-state index in [0.717, 1.165) is 25.0 Å². The maximum absolute atomic E-state index is 6.34. The third kappa shape index (κ3) is 2.83. The van der Waals surface area contributed by atoms with Crippen LogP contribution in [0.15, 0.2) is 18.2 Å². The molecule has 1 saturated carbocycles. The van der Waals surface area contributed by atoms with E-state index in [-0.39, 0.29) is 23.0 Å². The first-order chi connectivity index (χ1) is 9.74. The quantitative estimate of drug-likeness (QED) is 0.880. The highest BCUT2D eigenvalue weighted by Gasteiger charge is 2.52. The van der Waals surface area contributed by atoms with E-state index < -0.39 is 0 Å². The van der Waals surface area contributed by atoms with Crippen LogP contribution in [0.2, 0.25) is 0 Å². The molecule has 2 rings (SSSR count). The van der Waals surface area contributed by atoms with Crippen LogP contribution >= 0.6 is 0 Å². The van der Waals surface area contributed by atoms with Crippen molar-refractivity contribution in [1.82, 2.24) is 0 Å². The monoisotopic (exact) mass is 289 g/mol. The molecule has 0 saturated heterocycles. The molecule has 0 aliphatic heterocycles. The van der Waals surface area contributed by atoms with Crippen molar-refractivity contribution in [2.75, 3.05) is 0 Å². The molecule has 1 aromatic carbocycles. The Balaban J connectivity index is 2.18. The Morgan fingerprint density at radius 3 is 2.29 bits per heavy atom. The zero-order valence-corrected chi connectivity index (χ0v) is 14.5. The van der Waals surface area contributed by atoms with Crippen molar-refractivity contribution in [1.29, 1.82) is 0 Å². The van der Waals surface area contributed by atoms with Gasteiger partial charge in [0, 0.05) is 17.9 Å². The highest BCUT2D eigenvalue weighted by Crippen LogP contribution is 2.48. The molecule has 1 aromatic rings. The Hall–Kier alpha value is -1.02. The first-order valence-electron chi connectivity index (χ1n) is 8.28. The van der Waals surface area contributed by atoms with Gasteiger partial charge in [0.1, 0.15) is 11.9 Å². The van der Waals surface area contributed by atoms with Gasteiger partial charge in [0.15, 0.2) is 0 Å². The molecule has 2 unspecified atom stereocenters. The van der Waals surface area contributed by atoms with Gasteiger partial charge in [-0.15, -0.1) is 0 Å². The maximum Gasteiger partial charge on any atom is 0.122 e. The molecule has 2 nitrogen and oxygen atoms in total. The number of hydrogen-bond donors (Lipinski definition) is 1. The van der Waals surface area contributed by atoms with E-state index >= 15 is 0 Å². The van der Waals surface area contributed by atoms with Gasteiger partial charge in [0.05, 0.1) is 0 Å². The lowest BCUT2D eigenvalue weighted by Crippen LogP contribution is -2.63. The van der Waals surface area contributed by atoms with Crippen molar-refractivity contribution in [3.8, 4) is 5.75 Å². The molecular weight excluding hydrogens is 258 g/mol. The summed E-state index contributed by atoms with van der Waals surface area (Å²) in [5.41, 5.74) is 9.19. The lowest BCUT2D eigenvalue weighted by molar-refractivity contribution is -0.0725. The first kappa shape index (κ1) is 16.4. The first-order valence-corrected chi connectivity index (χ1v) is 8.28. The van der Waals surface area contributed by atoms with Crippen LogP contribution in [0, 0.1) is 12.3 Å². The number of rotatable bonds is 4. The van der Waals surface area contributed by atoms with E-state index in [1.165, 1.54) is 11.1 Å². The van der Waals surface area contributed by atoms with Crippen LogP contribution in [0.4, 0.5) is 0 Å². The van der Waals surface area contributed by atoms with Gasteiger partial charge in [-0.25, -0.2) is 0 Å². The molecule has 2 heteroatoms. The van der Waals surface area contributed by atoms with Crippen molar-refractivity contribution in [3.05, 3.63) is 29.3 Å². The van der Waals surface area contributed by atoms with Crippen LogP contribution in [0.25, 0.3) is 0 Å². The third-order valence-corrected chi connectivity index (χ3v) is 5.47. The van der Waals surface area contributed by atoms with Gasteiger partial charge in [-0.2, -0.15) is 0 Å². The second kappa shape index (κ2) is 5.64. The Kier molecular flexibility index (Phi) is 4.39. The number of aryl methyl sites for hydroxylation is 1. The lowest BCUT2D eigenvalue weighted by Gasteiger charge is -2.53. The lowest BCUT2D eigenvalue weighted by atomic mass is 9.59. The molecule has 2 atom stereocenters. The van der Waals surface area contributed by atoms with Crippen LogP contribution in [0.5, 0.6) is 5.75 Å². The zero-order chi connectivity index (χ0) is 15.8. The van der Waals surface area contributed by atoms with Crippen molar-refractivity contribution >= 4 is 0 Å². The van der Waals surface area contributed by atoms with Gasteiger partial charge in [-0.3, -0.25) is 0 Å². The molecular formula is C19H31NO. The molecule has 21 heavy (non-hydrogen) atoms. The minimum atomic E-state index is 0.162. The Labute approximate surface area is 130 Å². The highest BCUT2D eigenvalue weighted by atomic mass is 16.5. The largest absolute Gasteiger partial charge is 0.489 e. The van der Waals surface area contributed by atoms with Crippen molar-refractivity contribution in [3.63, 3.8) is 0 Å². The van der Waals surface area contributed by atoms with Gasteiger partial charge in [-0.05, 0) is 42.4 Å². The van der Waals surface area contributed by atoms with Crippen LogP contribution in [0.3, 0.4) is 0 Å². The number of ether oxygens (including phenoxy) is 1. The fourth-order valence-electron chi connectivity index (χ4n) is 3.57. The van der Waals surface area contributed by atoms with Crippen LogP contribution in [-0.4, -0.2) is 12.1 Å². The average Bonchev–Trinajstić information content (AvgIpc) is 2.40. The number of benzene rings is 1. The summed E-state index contributed by atoms with van der Waals surface area (Å²) in [6, 6.07) is 6.87. The number of nitrogens with two attached hydrogens (primary N) is 1. The van der Waals surface area contributed by atoms with Crippen molar-refractivity contribution in [2.24, 2.45) is 11.1 Å². The summed E-state index contributed by atoms with van der Waals surface area (Å²) in [5, 5.41) is 0. The molecule has 0 radical (unpaired) electrons. The van der Waals surface area contributed by atoms with Crippen molar-refractivity contribution < 1.29 is 4.74 Å². The van der Waals surface area contributed by atoms with Gasteiger partial charge in [0.25, 0.3) is 0 Å². The predicted molar refractivity (Wildman–Crippen MR) is 89.9 cm³/mol. The molecule has 0 spiro atoms. The topological polar surface area (TPSA) is 35.2 Å². The summed E-state index contributed by atoms with van der Waals surface area (Å²) >= 11 is 0. The summed E-state index contributed by atoms with van der Waals surface area (Å²) < 4.78 is 6.34. The molecule has 2 N–H and O–H groups in total. The van der Waals surface area contributed by atoms with E-state index in [4.69, 9.17) is 10.5 Å². The normalized spacial score (nSPS) is 24.5. The summed E-state index contributed by atoms with van der Waals surface area (Å²) in [6.07, 6.45) is 3.42. The zero-order valence-electron chi connectivity index (χ0n) is 14.5. The van der Waals surface area contributed by atoms with Gasteiger partial charge in [-0.1, -0.05) is 46.8 Å². The smallest absolute Gasteiger partial charge is 0.122 e. The average molecular weight is 289 g/mol. The molecule has 0 aromatic heterocycles. The summed E-state index contributed by atoms with van der Waals surface area (Å²) in [4.78, 5) is 0. The van der Waals surface area contributed by atoms with Gasteiger partial charge < -0.3 is 10.5 Å². The molecule has 118 valence electrons. The van der Waals surface area contributed by atoms with Crippen molar-refractivity contribution in [2.45, 2.75) is 78.4 Å². The molecule has 1 aliphatic carbocycles. The standard InChI is InChI=1S/C19H31NO/c1-7-19(8-2)16(20)12-17(19)21-15-10-9-14(11-13(15)3)18(4,5)6/h9-11,16-17H,7-8,12,20H2,1-6H3. The maximum atomic E-state index is 6.34. The van der Waals surface area contributed by atoms with E-state index in [1.807, 2.05) is 0 Å². The summed E-state index contributed by atoms with van der Waals surface area (Å²) in [7, 11) is 0. The fraction of sp³-hybridized carbons (Fsp3) is 0.684. The Morgan fingerprint density at radius 2 is 1.86 bits per heavy atom. The van der Waals surface area contributed by atoms with Crippen LogP contribution in [0.1, 0.15) is 65.0 Å². The molecule has 1 fully saturated rings. The molecule has 1 aliphatic rings. The van der Waals surface area contributed by atoms with E-state index in [2.05, 4.69) is 59.7 Å². The Bertz CT molecular complexity index is 497. The van der Waals surface area contributed by atoms with E-state index in [1.54, 1.807) is 0 Å². The highest BCUT2D eigenvalue weighted by molar-refractivity contribution is 5.39. The van der Waals surface area contributed by atoms with Gasteiger partial charge in [0.2, 0.25) is 0 Å². The van der Waals surface area contributed by atoms with E-state index in [0.29, 0.717) is 0 Å². The SMILES string of the molecule is CCC1(CC)C(N)CC1Oc1ccc(C(C)(C)C)cc1C.